The van der Waals surface area contributed by atoms with Crippen molar-refractivity contribution in [1.82, 2.24) is 15.5 Å². The Morgan fingerprint density at radius 1 is 1.21 bits per heavy atom. The van der Waals surface area contributed by atoms with Gasteiger partial charge in [0.2, 0.25) is 0 Å². The molecule has 1 aliphatic rings. The molecule has 0 unspecified atom stereocenters. The Kier molecular flexibility index (Phi) is 9.53. The van der Waals surface area contributed by atoms with Gasteiger partial charge >= 0.3 is 6.18 Å². The number of aliphatic imine (C=N–C) groups is 1. The monoisotopic (exact) mass is 416 g/mol. The Labute approximate surface area is 170 Å². The predicted octanol–water partition coefficient (Wildman–Crippen LogP) is 2.75. The molecule has 1 fully saturated rings. The topological polar surface area (TPSA) is 58.1 Å². The van der Waals surface area contributed by atoms with E-state index < -0.39 is 11.7 Å². The molecular weight excluding hydrogens is 385 g/mol. The largest absolute Gasteiger partial charge is 0.491 e. The minimum absolute atomic E-state index is 0.0686. The highest BCUT2D eigenvalue weighted by atomic mass is 19.4. The second-order valence-electron chi connectivity index (χ2n) is 6.86. The van der Waals surface area contributed by atoms with E-state index in [2.05, 4.69) is 20.5 Å². The number of piperidine rings is 1. The normalized spacial score (nSPS) is 16.7. The van der Waals surface area contributed by atoms with E-state index in [4.69, 9.17) is 9.47 Å². The average Bonchev–Trinajstić information content (AvgIpc) is 2.70. The van der Waals surface area contributed by atoms with Crippen LogP contribution in [0.3, 0.4) is 0 Å². The summed E-state index contributed by atoms with van der Waals surface area (Å²) < 4.78 is 49.5. The summed E-state index contributed by atoms with van der Waals surface area (Å²) in [5, 5.41) is 6.59. The van der Waals surface area contributed by atoms with E-state index in [9.17, 15) is 13.2 Å². The lowest BCUT2D eigenvalue weighted by Crippen LogP contribution is -2.49. The number of alkyl halides is 3. The number of methoxy groups -OCH3 is 1. The molecule has 2 rings (SSSR count). The minimum atomic E-state index is -4.44. The van der Waals surface area contributed by atoms with Crippen molar-refractivity contribution in [2.75, 3.05) is 53.0 Å². The molecule has 0 aromatic heterocycles. The standard InChI is InChI=1S/C20H31F3N4O2/c1-3-24-19(26-16-8-11-27(12-9-16)13-15-28-2)25-10-14-29-18-7-5-4-6-17(18)20(21,22)23/h4-7,16H,3,8-15H2,1-2H3,(H2,24,25,26). The van der Waals surface area contributed by atoms with Crippen molar-refractivity contribution < 1.29 is 22.6 Å². The maximum Gasteiger partial charge on any atom is 0.419 e. The van der Waals surface area contributed by atoms with Gasteiger partial charge in [0, 0.05) is 39.3 Å². The van der Waals surface area contributed by atoms with Gasteiger partial charge in [0.05, 0.1) is 18.7 Å². The van der Waals surface area contributed by atoms with Crippen LogP contribution >= 0.6 is 0 Å². The van der Waals surface area contributed by atoms with Crippen LogP contribution < -0.4 is 15.4 Å². The van der Waals surface area contributed by atoms with Crippen LogP contribution in [0.5, 0.6) is 5.75 Å². The van der Waals surface area contributed by atoms with Gasteiger partial charge in [0.25, 0.3) is 0 Å². The van der Waals surface area contributed by atoms with Crippen molar-refractivity contribution in [3.05, 3.63) is 29.8 Å². The second-order valence-corrected chi connectivity index (χ2v) is 6.86. The summed E-state index contributed by atoms with van der Waals surface area (Å²) in [6.45, 7) is 6.67. The summed E-state index contributed by atoms with van der Waals surface area (Å²) in [6, 6.07) is 5.54. The first-order valence-electron chi connectivity index (χ1n) is 9.99. The van der Waals surface area contributed by atoms with Gasteiger partial charge in [-0.15, -0.1) is 0 Å². The van der Waals surface area contributed by atoms with Gasteiger partial charge in [0.15, 0.2) is 5.96 Å². The highest BCUT2D eigenvalue weighted by molar-refractivity contribution is 5.80. The minimum Gasteiger partial charge on any atom is -0.491 e. The highest BCUT2D eigenvalue weighted by Crippen LogP contribution is 2.35. The van der Waals surface area contributed by atoms with Crippen molar-refractivity contribution in [2.45, 2.75) is 32.0 Å². The molecule has 9 heteroatoms. The van der Waals surface area contributed by atoms with E-state index in [0.717, 1.165) is 45.1 Å². The van der Waals surface area contributed by atoms with Gasteiger partial charge in [-0.25, -0.2) is 4.99 Å². The molecule has 1 aromatic rings. The molecule has 1 heterocycles. The number of rotatable bonds is 9. The van der Waals surface area contributed by atoms with E-state index in [0.29, 0.717) is 18.5 Å². The maximum atomic E-state index is 13.0. The third-order valence-electron chi connectivity index (χ3n) is 4.70. The molecule has 0 amide bonds. The molecule has 0 atom stereocenters. The number of nitrogens with one attached hydrogen (secondary N) is 2. The van der Waals surface area contributed by atoms with Gasteiger partial charge in [-0.3, -0.25) is 0 Å². The third-order valence-corrected chi connectivity index (χ3v) is 4.70. The second kappa shape index (κ2) is 11.9. The zero-order chi connectivity index (χ0) is 21.1. The van der Waals surface area contributed by atoms with Gasteiger partial charge in [0.1, 0.15) is 12.4 Å². The number of benzene rings is 1. The van der Waals surface area contributed by atoms with Crippen molar-refractivity contribution in [2.24, 2.45) is 4.99 Å². The van der Waals surface area contributed by atoms with Crippen molar-refractivity contribution in [3.8, 4) is 5.75 Å². The predicted molar refractivity (Wildman–Crippen MR) is 107 cm³/mol. The van der Waals surface area contributed by atoms with Gasteiger partial charge in [-0.05, 0) is 31.9 Å². The van der Waals surface area contributed by atoms with Crippen molar-refractivity contribution in [1.29, 1.82) is 0 Å². The number of likely N-dealkylation sites (tertiary alicyclic amines) is 1. The molecule has 0 bridgehead atoms. The van der Waals surface area contributed by atoms with Crippen molar-refractivity contribution >= 4 is 5.96 Å². The van der Waals surface area contributed by atoms with E-state index in [-0.39, 0.29) is 18.9 Å². The van der Waals surface area contributed by atoms with Crippen molar-refractivity contribution in [3.63, 3.8) is 0 Å². The van der Waals surface area contributed by atoms with Crippen LogP contribution in [0, 0.1) is 0 Å². The maximum absolute atomic E-state index is 13.0. The van der Waals surface area contributed by atoms with Crippen LogP contribution in [0.4, 0.5) is 13.2 Å². The molecule has 0 saturated carbocycles. The quantitative estimate of drug-likeness (QED) is 0.368. The fourth-order valence-corrected chi connectivity index (χ4v) is 3.17. The van der Waals surface area contributed by atoms with Crippen LogP contribution in [0.15, 0.2) is 29.3 Å². The Morgan fingerprint density at radius 3 is 2.59 bits per heavy atom. The SMILES string of the molecule is CCNC(=NCCOc1ccccc1C(F)(F)F)NC1CCN(CCOC)CC1. The number of ether oxygens (including phenoxy) is 2. The molecule has 164 valence electrons. The summed E-state index contributed by atoms with van der Waals surface area (Å²) in [5.74, 6) is 0.493. The Hall–Kier alpha value is -2.00. The van der Waals surface area contributed by atoms with Crippen LogP contribution in [0.2, 0.25) is 0 Å². The summed E-state index contributed by atoms with van der Waals surface area (Å²) in [6.07, 6.45) is -2.43. The van der Waals surface area contributed by atoms with Crippen LogP contribution in [-0.4, -0.2) is 69.9 Å². The molecule has 0 aliphatic carbocycles. The fourth-order valence-electron chi connectivity index (χ4n) is 3.17. The van der Waals surface area contributed by atoms with Gasteiger partial charge in [-0.1, -0.05) is 12.1 Å². The number of hydrogen-bond donors (Lipinski definition) is 2. The van der Waals surface area contributed by atoms with E-state index >= 15 is 0 Å². The van der Waals surface area contributed by atoms with E-state index in [1.165, 1.54) is 18.2 Å². The number of para-hydroxylation sites is 1. The summed E-state index contributed by atoms with van der Waals surface area (Å²) in [4.78, 5) is 6.81. The number of halogens is 3. The number of guanidine groups is 1. The lowest BCUT2D eigenvalue weighted by molar-refractivity contribution is -0.138. The Balaban J connectivity index is 1.81. The molecule has 29 heavy (non-hydrogen) atoms. The summed E-state index contributed by atoms with van der Waals surface area (Å²) >= 11 is 0. The van der Waals surface area contributed by atoms with Crippen LogP contribution in [0.25, 0.3) is 0 Å². The molecule has 1 aliphatic heterocycles. The Morgan fingerprint density at radius 2 is 1.93 bits per heavy atom. The van der Waals surface area contributed by atoms with Crippen LogP contribution in [-0.2, 0) is 10.9 Å². The first-order valence-corrected chi connectivity index (χ1v) is 9.99. The fraction of sp³-hybridized carbons (Fsp3) is 0.650. The summed E-state index contributed by atoms with van der Waals surface area (Å²) in [5.41, 5.74) is -0.769. The highest BCUT2D eigenvalue weighted by Gasteiger charge is 2.33. The molecule has 2 N–H and O–H groups in total. The van der Waals surface area contributed by atoms with E-state index in [1.807, 2.05) is 6.92 Å². The molecule has 6 nitrogen and oxygen atoms in total. The number of nitrogens with zero attached hydrogens (tertiary/aromatic N) is 2. The molecule has 1 saturated heterocycles. The first kappa shape index (κ1) is 23.3. The zero-order valence-corrected chi connectivity index (χ0v) is 17.1. The Bertz CT molecular complexity index is 632. The summed E-state index contributed by atoms with van der Waals surface area (Å²) in [7, 11) is 1.71. The smallest absolute Gasteiger partial charge is 0.419 e. The average molecular weight is 416 g/mol. The third kappa shape index (κ3) is 8.10. The first-order chi connectivity index (χ1) is 13.9. The molecular formula is C20H31F3N4O2. The number of hydrogen-bond acceptors (Lipinski definition) is 4. The van der Waals surface area contributed by atoms with Gasteiger partial charge < -0.3 is 25.0 Å². The van der Waals surface area contributed by atoms with E-state index in [1.54, 1.807) is 7.11 Å². The molecule has 0 spiro atoms. The lowest BCUT2D eigenvalue weighted by Gasteiger charge is -2.32. The van der Waals surface area contributed by atoms with Gasteiger partial charge in [-0.2, -0.15) is 13.2 Å². The van der Waals surface area contributed by atoms with Crippen LogP contribution in [0.1, 0.15) is 25.3 Å². The zero-order valence-electron chi connectivity index (χ0n) is 17.1. The molecule has 1 aromatic carbocycles. The lowest BCUT2D eigenvalue weighted by atomic mass is 10.1. The molecule has 0 radical (unpaired) electrons.